The van der Waals surface area contributed by atoms with Gasteiger partial charge >= 0.3 is 11.8 Å². The molecule has 0 fully saturated rings. The predicted octanol–water partition coefficient (Wildman–Crippen LogP) is 3.90. The van der Waals surface area contributed by atoms with Crippen molar-refractivity contribution >= 4 is 70.6 Å². The molecule has 0 atom stereocenters. The zero-order valence-electron chi connectivity index (χ0n) is 12.8. The van der Waals surface area contributed by atoms with Crippen molar-refractivity contribution in [3.63, 3.8) is 0 Å². The summed E-state index contributed by atoms with van der Waals surface area (Å²) in [5, 5.41) is 8.78. The van der Waals surface area contributed by atoms with Crippen LogP contribution < -0.4 is 10.9 Å². The summed E-state index contributed by atoms with van der Waals surface area (Å²) in [7, 11) is 0. The van der Waals surface area contributed by atoms with Crippen LogP contribution in [0, 0.1) is 0 Å². The minimum atomic E-state index is -0.993. The molecular weight excluding hydrogens is 422 g/mol. The number of amides is 2. The lowest BCUT2D eigenvalue weighted by atomic mass is 10.2. The number of carbonyl (C=O) groups is 2. The molecular formula is C16H10Cl4N4O2. The fourth-order valence-electron chi connectivity index (χ4n) is 1.62. The van der Waals surface area contributed by atoms with Gasteiger partial charge in [-0.3, -0.25) is 9.59 Å². The summed E-state index contributed by atoms with van der Waals surface area (Å²) >= 11 is 23.3. The number of nitrogens with zero attached hydrogens (tertiary/aromatic N) is 2. The molecule has 0 bridgehead atoms. The summed E-state index contributed by atoms with van der Waals surface area (Å²) in [4.78, 5) is 23.2. The van der Waals surface area contributed by atoms with Gasteiger partial charge in [-0.2, -0.15) is 10.2 Å². The number of hydrogen-bond donors (Lipinski definition) is 2. The second-order valence-electron chi connectivity index (χ2n) is 4.75. The molecule has 2 aromatic carbocycles. The average Bonchev–Trinajstić information content (AvgIpc) is 2.61. The van der Waals surface area contributed by atoms with Crippen molar-refractivity contribution in [2.45, 2.75) is 0 Å². The molecule has 134 valence electrons. The third-order valence-corrected chi connectivity index (χ3v) is 4.33. The van der Waals surface area contributed by atoms with E-state index in [2.05, 4.69) is 21.1 Å². The molecule has 10 heteroatoms. The minimum absolute atomic E-state index is 0.344. The van der Waals surface area contributed by atoms with Crippen LogP contribution in [-0.2, 0) is 9.59 Å². The van der Waals surface area contributed by atoms with E-state index in [0.29, 0.717) is 31.2 Å². The Morgan fingerprint density at radius 3 is 1.42 bits per heavy atom. The van der Waals surface area contributed by atoms with Gasteiger partial charge in [-0.05, 0) is 35.4 Å². The van der Waals surface area contributed by atoms with Gasteiger partial charge < -0.3 is 0 Å². The number of nitrogens with one attached hydrogen (secondary N) is 2. The molecule has 2 aromatic rings. The van der Waals surface area contributed by atoms with Gasteiger partial charge in [-0.25, -0.2) is 10.9 Å². The van der Waals surface area contributed by atoms with Crippen LogP contribution in [0.15, 0.2) is 46.6 Å². The number of hydrazone groups is 2. The quantitative estimate of drug-likeness (QED) is 0.437. The minimum Gasteiger partial charge on any atom is -0.262 e. The highest BCUT2D eigenvalue weighted by Gasteiger charge is 2.11. The van der Waals surface area contributed by atoms with Gasteiger partial charge in [-0.1, -0.05) is 58.5 Å². The fraction of sp³-hybridized carbons (Fsp3) is 0. The Balaban J connectivity index is 1.85. The fourth-order valence-corrected chi connectivity index (χ4v) is 2.23. The Hall–Kier alpha value is -2.12. The molecule has 2 rings (SSSR count). The van der Waals surface area contributed by atoms with E-state index in [9.17, 15) is 9.59 Å². The first-order valence-electron chi connectivity index (χ1n) is 6.93. The van der Waals surface area contributed by atoms with Gasteiger partial charge in [0.2, 0.25) is 0 Å². The molecule has 0 saturated heterocycles. The van der Waals surface area contributed by atoms with Crippen LogP contribution in [0.25, 0.3) is 0 Å². The summed E-state index contributed by atoms with van der Waals surface area (Å²) in [6.45, 7) is 0. The maximum Gasteiger partial charge on any atom is 0.331 e. The maximum absolute atomic E-state index is 11.6. The van der Waals surface area contributed by atoms with Crippen molar-refractivity contribution in [3.8, 4) is 0 Å². The van der Waals surface area contributed by atoms with Crippen LogP contribution in [0.5, 0.6) is 0 Å². The number of benzene rings is 2. The Kier molecular flexibility index (Phi) is 7.41. The third kappa shape index (κ3) is 6.00. The SMILES string of the molecule is O=C(N/N=C\c1ccc(Cl)c(Cl)c1)C(=O)N/N=C\c1ccc(Cl)c(Cl)c1. The summed E-state index contributed by atoms with van der Waals surface area (Å²) in [5.41, 5.74) is 5.31. The van der Waals surface area contributed by atoms with Crippen LogP contribution in [0.1, 0.15) is 11.1 Å². The maximum atomic E-state index is 11.6. The highest BCUT2D eigenvalue weighted by molar-refractivity contribution is 6.42. The first-order chi connectivity index (χ1) is 12.4. The summed E-state index contributed by atoms with van der Waals surface area (Å²) < 4.78 is 0. The van der Waals surface area contributed by atoms with Gasteiger partial charge in [-0.15, -0.1) is 0 Å². The molecule has 0 aromatic heterocycles. The molecule has 0 aliphatic rings. The topological polar surface area (TPSA) is 82.9 Å². The highest BCUT2D eigenvalue weighted by Crippen LogP contribution is 2.22. The normalized spacial score (nSPS) is 11.1. The molecule has 0 unspecified atom stereocenters. The van der Waals surface area contributed by atoms with E-state index < -0.39 is 11.8 Å². The largest absolute Gasteiger partial charge is 0.331 e. The average molecular weight is 432 g/mol. The van der Waals surface area contributed by atoms with Crippen molar-refractivity contribution < 1.29 is 9.59 Å². The number of hydrogen-bond acceptors (Lipinski definition) is 4. The van der Waals surface area contributed by atoms with Gasteiger partial charge in [0.15, 0.2) is 0 Å². The van der Waals surface area contributed by atoms with E-state index in [4.69, 9.17) is 46.4 Å². The van der Waals surface area contributed by atoms with Crippen LogP contribution >= 0.6 is 46.4 Å². The number of rotatable bonds is 4. The summed E-state index contributed by atoms with van der Waals surface area (Å²) in [6.07, 6.45) is 2.62. The molecule has 0 saturated carbocycles. The molecule has 0 aliphatic carbocycles. The zero-order valence-corrected chi connectivity index (χ0v) is 15.9. The molecule has 0 spiro atoms. The van der Waals surface area contributed by atoms with Gasteiger partial charge in [0.1, 0.15) is 0 Å². The summed E-state index contributed by atoms with van der Waals surface area (Å²) in [6, 6.07) is 9.56. The Labute approximate surface area is 168 Å². The lowest BCUT2D eigenvalue weighted by Crippen LogP contribution is -2.35. The first kappa shape index (κ1) is 20.2. The van der Waals surface area contributed by atoms with Gasteiger partial charge in [0.05, 0.1) is 32.5 Å². The van der Waals surface area contributed by atoms with E-state index in [1.54, 1.807) is 36.4 Å². The van der Waals surface area contributed by atoms with Crippen LogP contribution in [0.4, 0.5) is 0 Å². The predicted molar refractivity (Wildman–Crippen MR) is 104 cm³/mol. The monoisotopic (exact) mass is 430 g/mol. The molecule has 0 heterocycles. The molecule has 0 radical (unpaired) electrons. The second-order valence-corrected chi connectivity index (χ2v) is 6.37. The van der Waals surface area contributed by atoms with Crippen LogP contribution in [-0.4, -0.2) is 24.2 Å². The molecule has 0 aliphatic heterocycles. The van der Waals surface area contributed by atoms with Gasteiger partial charge in [0, 0.05) is 0 Å². The second kappa shape index (κ2) is 9.54. The van der Waals surface area contributed by atoms with Crippen LogP contribution in [0.2, 0.25) is 20.1 Å². The summed E-state index contributed by atoms with van der Waals surface area (Å²) in [5.74, 6) is -1.99. The number of halogens is 4. The lowest BCUT2D eigenvalue weighted by Gasteiger charge is -2.00. The van der Waals surface area contributed by atoms with Crippen LogP contribution in [0.3, 0.4) is 0 Å². The Morgan fingerprint density at radius 1 is 0.692 bits per heavy atom. The van der Waals surface area contributed by atoms with Crippen molar-refractivity contribution in [1.82, 2.24) is 10.9 Å². The lowest BCUT2D eigenvalue weighted by molar-refractivity contribution is -0.139. The smallest absolute Gasteiger partial charge is 0.262 e. The number of carbonyl (C=O) groups excluding carboxylic acids is 2. The van der Waals surface area contributed by atoms with Crippen molar-refractivity contribution in [2.75, 3.05) is 0 Å². The Morgan fingerprint density at radius 2 is 1.08 bits per heavy atom. The molecule has 26 heavy (non-hydrogen) atoms. The van der Waals surface area contributed by atoms with Crippen molar-refractivity contribution in [1.29, 1.82) is 0 Å². The van der Waals surface area contributed by atoms with Crippen molar-refractivity contribution in [3.05, 3.63) is 67.6 Å². The van der Waals surface area contributed by atoms with E-state index in [1.807, 2.05) is 0 Å². The zero-order chi connectivity index (χ0) is 19.1. The molecule has 6 nitrogen and oxygen atoms in total. The van der Waals surface area contributed by atoms with Gasteiger partial charge in [0.25, 0.3) is 0 Å². The molecule has 2 N–H and O–H groups in total. The Bertz CT molecular complexity index is 826. The molecule has 2 amide bonds. The van der Waals surface area contributed by atoms with Crippen molar-refractivity contribution in [2.24, 2.45) is 10.2 Å². The first-order valence-corrected chi connectivity index (χ1v) is 8.44. The van der Waals surface area contributed by atoms with E-state index in [0.717, 1.165) is 0 Å². The van der Waals surface area contributed by atoms with E-state index in [1.165, 1.54) is 12.4 Å². The highest BCUT2D eigenvalue weighted by atomic mass is 35.5. The standard InChI is InChI=1S/C16H10Cl4N4O2/c17-11-3-1-9(5-13(11)19)7-21-23-15(25)16(26)24-22-8-10-2-4-12(18)14(20)6-10/h1-8H,(H,23,25)(H,24,26)/b21-7-,22-8-. The van der Waals surface area contributed by atoms with E-state index in [-0.39, 0.29) is 0 Å². The third-order valence-electron chi connectivity index (χ3n) is 2.85. The van der Waals surface area contributed by atoms with E-state index >= 15 is 0 Å².